The van der Waals surface area contributed by atoms with Crippen molar-refractivity contribution in [2.75, 3.05) is 11.9 Å². The number of thiophene rings is 1. The second-order valence-electron chi connectivity index (χ2n) is 4.42. The van der Waals surface area contributed by atoms with Crippen LogP contribution in [0.3, 0.4) is 0 Å². The molecule has 2 rings (SSSR count). The largest absolute Gasteiger partial charge is 0.462 e. The number of esters is 1. The Morgan fingerprint density at radius 1 is 1.40 bits per heavy atom. The predicted molar refractivity (Wildman–Crippen MR) is 82.3 cm³/mol. The number of ether oxygens (including phenoxy) is 1. The molecular formula is C13H16N2O3S2. The van der Waals surface area contributed by atoms with Crippen LogP contribution in [-0.2, 0) is 22.4 Å². The van der Waals surface area contributed by atoms with E-state index in [0.29, 0.717) is 17.2 Å². The summed E-state index contributed by atoms with van der Waals surface area (Å²) in [7, 11) is 0. The Labute approximate surface area is 126 Å². The number of nitrogens with one attached hydrogen (secondary N) is 2. The van der Waals surface area contributed by atoms with E-state index in [2.05, 4.69) is 10.6 Å². The minimum Gasteiger partial charge on any atom is -0.462 e. The molecule has 20 heavy (non-hydrogen) atoms. The van der Waals surface area contributed by atoms with Gasteiger partial charge in [0.05, 0.1) is 12.2 Å². The average molecular weight is 312 g/mol. The Hall–Kier alpha value is -1.47. The number of hydrogen-bond acceptors (Lipinski definition) is 5. The third-order valence-corrected chi connectivity index (χ3v) is 4.33. The van der Waals surface area contributed by atoms with E-state index in [1.165, 1.54) is 23.1 Å². The Balaban J connectivity index is 2.26. The minimum absolute atomic E-state index is 0.197. The van der Waals surface area contributed by atoms with Gasteiger partial charge in [-0.05, 0) is 44.0 Å². The van der Waals surface area contributed by atoms with Gasteiger partial charge >= 0.3 is 5.97 Å². The van der Waals surface area contributed by atoms with Crippen LogP contribution in [0.4, 0.5) is 5.00 Å². The zero-order valence-electron chi connectivity index (χ0n) is 11.4. The molecule has 108 valence electrons. The smallest absolute Gasteiger partial charge is 0.341 e. The first-order chi connectivity index (χ1) is 9.52. The lowest BCUT2D eigenvalue weighted by Gasteiger charge is -2.09. The molecule has 1 aromatic rings. The number of thiocarbonyl (C=S) groups is 1. The van der Waals surface area contributed by atoms with Crippen LogP contribution in [-0.4, -0.2) is 23.6 Å². The fourth-order valence-corrected chi connectivity index (χ4v) is 3.80. The molecule has 0 aliphatic heterocycles. The highest BCUT2D eigenvalue weighted by Crippen LogP contribution is 2.39. The molecule has 0 saturated heterocycles. The van der Waals surface area contributed by atoms with E-state index in [1.807, 2.05) is 0 Å². The van der Waals surface area contributed by atoms with Gasteiger partial charge in [-0.3, -0.25) is 4.79 Å². The standard InChI is InChI=1S/C13H16N2O3S2/c1-3-18-12(17)10-8-5-4-6-9(8)20-11(10)15-13(19)14-7(2)16/h3-6H2,1-2H3,(H2,14,15,16,19). The predicted octanol–water partition coefficient (Wildman–Crippen LogP) is 2.25. The van der Waals surface area contributed by atoms with E-state index in [4.69, 9.17) is 17.0 Å². The highest BCUT2D eigenvalue weighted by atomic mass is 32.1. The van der Waals surface area contributed by atoms with Crippen LogP contribution in [0, 0.1) is 0 Å². The monoisotopic (exact) mass is 312 g/mol. The van der Waals surface area contributed by atoms with Crippen molar-refractivity contribution in [3.63, 3.8) is 0 Å². The normalized spacial score (nSPS) is 12.7. The van der Waals surface area contributed by atoms with Gasteiger partial charge in [0.15, 0.2) is 5.11 Å². The Bertz CT molecular complexity index is 566. The maximum Gasteiger partial charge on any atom is 0.341 e. The van der Waals surface area contributed by atoms with Crippen LogP contribution in [0.1, 0.15) is 41.1 Å². The Morgan fingerprint density at radius 2 is 2.15 bits per heavy atom. The molecule has 1 amide bonds. The topological polar surface area (TPSA) is 67.4 Å². The highest BCUT2D eigenvalue weighted by Gasteiger charge is 2.27. The molecule has 0 fully saturated rings. The SMILES string of the molecule is CCOC(=O)c1c(NC(=S)NC(C)=O)sc2c1CCC2. The summed E-state index contributed by atoms with van der Waals surface area (Å²) in [5.74, 6) is -0.579. The van der Waals surface area contributed by atoms with E-state index in [-0.39, 0.29) is 17.0 Å². The number of anilines is 1. The molecule has 7 heteroatoms. The van der Waals surface area contributed by atoms with Crippen LogP contribution in [0.2, 0.25) is 0 Å². The number of hydrogen-bond donors (Lipinski definition) is 2. The van der Waals surface area contributed by atoms with E-state index in [9.17, 15) is 9.59 Å². The van der Waals surface area contributed by atoms with E-state index < -0.39 is 0 Å². The molecule has 1 aliphatic carbocycles. The van der Waals surface area contributed by atoms with Gasteiger partial charge in [0, 0.05) is 11.8 Å². The number of rotatable bonds is 3. The first kappa shape index (κ1) is 14.9. The molecular weight excluding hydrogens is 296 g/mol. The van der Waals surface area contributed by atoms with E-state index in [0.717, 1.165) is 24.8 Å². The highest BCUT2D eigenvalue weighted by molar-refractivity contribution is 7.80. The summed E-state index contributed by atoms with van der Waals surface area (Å²) in [5, 5.41) is 6.27. The van der Waals surface area contributed by atoms with Crippen LogP contribution < -0.4 is 10.6 Å². The van der Waals surface area contributed by atoms with Crippen LogP contribution >= 0.6 is 23.6 Å². The minimum atomic E-state index is -0.333. The Morgan fingerprint density at radius 3 is 2.80 bits per heavy atom. The van der Waals surface area contributed by atoms with Crippen molar-refractivity contribution in [2.24, 2.45) is 0 Å². The van der Waals surface area contributed by atoms with Crippen molar-refractivity contribution >= 4 is 45.5 Å². The van der Waals surface area contributed by atoms with Gasteiger partial charge in [0.25, 0.3) is 0 Å². The third kappa shape index (κ3) is 3.16. The van der Waals surface area contributed by atoms with Crippen molar-refractivity contribution in [1.82, 2.24) is 5.32 Å². The summed E-state index contributed by atoms with van der Waals surface area (Å²) in [6.07, 6.45) is 2.92. The van der Waals surface area contributed by atoms with Gasteiger partial charge in [0.1, 0.15) is 5.00 Å². The fraction of sp³-hybridized carbons (Fsp3) is 0.462. The summed E-state index contributed by atoms with van der Waals surface area (Å²) >= 11 is 6.55. The van der Waals surface area contributed by atoms with Gasteiger partial charge < -0.3 is 15.4 Å². The van der Waals surface area contributed by atoms with Crippen LogP contribution in [0.25, 0.3) is 0 Å². The van der Waals surface area contributed by atoms with Crippen molar-refractivity contribution < 1.29 is 14.3 Å². The van der Waals surface area contributed by atoms with Gasteiger partial charge in [-0.15, -0.1) is 11.3 Å². The first-order valence-electron chi connectivity index (χ1n) is 6.43. The van der Waals surface area contributed by atoms with Gasteiger partial charge in [-0.1, -0.05) is 0 Å². The van der Waals surface area contributed by atoms with Crippen molar-refractivity contribution in [3.05, 3.63) is 16.0 Å². The zero-order chi connectivity index (χ0) is 14.7. The summed E-state index contributed by atoms with van der Waals surface area (Å²) in [6.45, 7) is 3.49. The summed E-state index contributed by atoms with van der Waals surface area (Å²) in [5.41, 5.74) is 1.62. The lowest BCUT2D eigenvalue weighted by atomic mass is 10.1. The molecule has 1 heterocycles. The average Bonchev–Trinajstić information content (AvgIpc) is 2.87. The molecule has 0 aromatic carbocycles. The molecule has 0 bridgehead atoms. The summed E-state index contributed by atoms with van der Waals surface area (Å²) < 4.78 is 5.11. The quantitative estimate of drug-likeness (QED) is 0.662. The maximum absolute atomic E-state index is 12.1. The molecule has 0 saturated carbocycles. The van der Waals surface area contributed by atoms with E-state index in [1.54, 1.807) is 6.92 Å². The fourth-order valence-electron chi connectivity index (χ4n) is 2.21. The van der Waals surface area contributed by atoms with Crippen molar-refractivity contribution in [2.45, 2.75) is 33.1 Å². The zero-order valence-corrected chi connectivity index (χ0v) is 13.0. The molecule has 1 aliphatic rings. The first-order valence-corrected chi connectivity index (χ1v) is 7.65. The third-order valence-electron chi connectivity index (χ3n) is 2.92. The second-order valence-corrected chi connectivity index (χ2v) is 5.93. The number of aryl methyl sites for hydroxylation is 1. The second kappa shape index (κ2) is 6.32. The van der Waals surface area contributed by atoms with Gasteiger partial charge in [-0.25, -0.2) is 4.79 Å². The molecule has 5 nitrogen and oxygen atoms in total. The van der Waals surface area contributed by atoms with Gasteiger partial charge in [0.2, 0.25) is 5.91 Å². The van der Waals surface area contributed by atoms with Crippen molar-refractivity contribution in [3.8, 4) is 0 Å². The van der Waals surface area contributed by atoms with Gasteiger partial charge in [-0.2, -0.15) is 0 Å². The molecule has 0 unspecified atom stereocenters. The van der Waals surface area contributed by atoms with Crippen molar-refractivity contribution in [1.29, 1.82) is 0 Å². The van der Waals surface area contributed by atoms with Crippen LogP contribution in [0.15, 0.2) is 0 Å². The van der Waals surface area contributed by atoms with Crippen LogP contribution in [0.5, 0.6) is 0 Å². The Kier molecular flexibility index (Phi) is 4.72. The van der Waals surface area contributed by atoms with E-state index >= 15 is 0 Å². The summed E-state index contributed by atoms with van der Waals surface area (Å²) in [6, 6.07) is 0. The number of carbonyl (C=O) groups excluding carboxylic acids is 2. The number of fused-ring (bicyclic) bond motifs is 1. The molecule has 2 N–H and O–H groups in total. The molecule has 0 radical (unpaired) electrons. The summed E-state index contributed by atoms with van der Waals surface area (Å²) in [4.78, 5) is 24.3. The lowest BCUT2D eigenvalue weighted by molar-refractivity contribution is -0.117. The molecule has 0 atom stereocenters. The molecule has 1 aromatic heterocycles. The molecule has 0 spiro atoms. The lowest BCUT2D eigenvalue weighted by Crippen LogP contribution is -2.32. The number of carbonyl (C=O) groups is 2. The number of amides is 1. The maximum atomic E-state index is 12.1.